The largest absolute Gasteiger partial charge is 0.501 e. The highest BCUT2D eigenvalue weighted by atomic mass is 19.1. The van der Waals surface area contributed by atoms with Gasteiger partial charge in [0.25, 0.3) is 0 Å². The first kappa shape index (κ1) is 9.32. The van der Waals surface area contributed by atoms with Crippen LogP contribution in [0.2, 0.25) is 0 Å². The molecule has 2 rings (SSSR count). The minimum atomic E-state index is -0.749. The van der Waals surface area contributed by atoms with Crippen LogP contribution in [0.3, 0.4) is 0 Å². The molecule has 0 amide bonds. The molecule has 1 N–H and O–H groups in total. The third-order valence-electron chi connectivity index (χ3n) is 2.01. The average molecular weight is 208 g/mol. The molecule has 76 valence electrons. The maximum atomic E-state index is 13.2. The third kappa shape index (κ3) is 1.35. The summed E-state index contributed by atoms with van der Waals surface area (Å²) in [7, 11) is 0. The van der Waals surface area contributed by atoms with Gasteiger partial charge in [0, 0.05) is 17.6 Å². The summed E-state index contributed by atoms with van der Waals surface area (Å²) < 4.78 is 13.2. The van der Waals surface area contributed by atoms with E-state index in [-0.39, 0.29) is 10.9 Å². The van der Waals surface area contributed by atoms with Crippen molar-refractivity contribution in [3.8, 4) is 5.75 Å². The highest BCUT2D eigenvalue weighted by molar-refractivity contribution is 5.88. The third-order valence-corrected chi connectivity index (χ3v) is 2.01. The van der Waals surface area contributed by atoms with E-state index in [0.29, 0.717) is 0 Å². The molecule has 0 bridgehead atoms. The molecule has 0 aliphatic rings. The molecule has 0 fully saturated rings. The Hall–Kier alpha value is -2.24. The lowest BCUT2D eigenvalue weighted by atomic mass is 10.2. The van der Waals surface area contributed by atoms with Crippen LogP contribution in [0.5, 0.6) is 5.75 Å². The van der Waals surface area contributed by atoms with Gasteiger partial charge in [-0.2, -0.15) is 0 Å². The van der Waals surface area contributed by atoms with Crippen LogP contribution in [0.1, 0.15) is 0 Å². The Labute approximate surface area is 82.9 Å². The van der Waals surface area contributed by atoms with Crippen LogP contribution in [0, 0.1) is 15.9 Å². The number of nitro groups is 1. The number of phenols is 1. The molecule has 0 radical (unpaired) electrons. The predicted octanol–water partition coefficient (Wildman–Crippen LogP) is 1.99. The number of nitro benzene ring substituents is 1. The zero-order chi connectivity index (χ0) is 11.0. The molecule has 0 saturated heterocycles. The van der Waals surface area contributed by atoms with Gasteiger partial charge in [0.15, 0.2) is 0 Å². The van der Waals surface area contributed by atoms with E-state index in [0.717, 1.165) is 18.3 Å². The predicted molar refractivity (Wildman–Crippen MR) is 50.0 cm³/mol. The standard InChI is InChI=1S/C9H5FN2O3/c10-6-3-4-11-8-5(6)1-2-7(9(8)13)12(14)15/h1-4,13H. The van der Waals surface area contributed by atoms with Crippen molar-refractivity contribution in [2.24, 2.45) is 0 Å². The van der Waals surface area contributed by atoms with E-state index in [2.05, 4.69) is 4.98 Å². The van der Waals surface area contributed by atoms with Crippen molar-refractivity contribution in [2.75, 3.05) is 0 Å². The van der Waals surface area contributed by atoms with Crippen LogP contribution >= 0.6 is 0 Å². The van der Waals surface area contributed by atoms with Gasteiger partial charge in [-0.1, -0.05) is 0 Å². The topological polar surface area (TPSA) is 76.3 Å². The minimum Gasteiger partial charge on any atom is -0.501 e. The Morgan fingerprint density at radius 2 is 2.13 bits per heavy atom. The molecule has 2 aromatic rings. The number of benzene rings is 1. The van der Waals surface area contributed by atoms with Gasteiger partial charge in [-0.05, 0) is 12.1 Å². The molecule has 0 atom stereocenters. The zero-order valence-electron chi connectivity index (χ0n) is 7.35. The first-order valence-corrected chi connectivity index (χ1v) is 4.02. The van der Waals surface area contributed by atoms with Crippen LogP contribution in [-0.2, 0) is 0 Å². The highest BCUT2D eigenvalue weighted by Gasteiger charge is 2.17. The number of aromatic nitrogens is 1. The second kappa shape index (κ2) is 3.16. The van der Waals surface area contributed by atoms with Crippen molar-refractivity contribution < 1.29 is 14.4 Å². The maximum Gasteiger partial charge on any atom is 0.313 e. The summed E-state index contributed by atoms with van der Waals surface area (Å²) in [6.07, 6.45) is 1.14. The van der Waals surface area contributed by atoms with Crippen LogP contribution in [0.4, 0.5) is 10.1 Å². The number of halogens is 1. The fourth-order valence-electron chi connectivity index (χ4n) is 1.31. The van der Waals surface area contributed by atoms with E-state index >= 15 is 0 Å². The molecular weight excluding hydrogens is 203 g/mol. The Bertz CT molecular complexity index is 556. The first-order valence-electron chi connectivity index (χ1n) is 4.02. The number of hydrogen-bond donors (Lipinski definition) is 1. The lowest BCUT2D eigenvalue weighted by molar-refractivity contribution is -0.385. The minimum absolute atomic E-state index is 0.0561. The zero-order valence-corrected chi connectivity index (χ0v) is 7.35. The van der Waals surface area contributed by atoms with Crippen molar-refractivity contribution in [3.63, 3.8) is 0 Å². The van der Waals surface area contributed by atoms with Gasteiger partial charge < -0.3 is 5.11 Å². The van der Waals surface area contributed by atoms with Gasteiger partial charge in [-0.15, -0.1) is 0 Å². The van der Waals surface area contributed by atoms with Crippen LogP contribution in [-0.4, -0.2) is 15.0 Å². The summed E-state index contributed by atoms with van der Waals surface area (Å²) in [5, 5.41) is 20.0. The monoisotopic (exact) mass is 208 g/mol. The molecule has 6 heteroatoms. The fraction of sp³-hybridized carbons (Fsp3) is 0. The quantitative estimate of drug-likeness (QED) is 0.574. The molecule has 0 saturated carbocycles. The summed E-state index contributed by atoms with van der Waals surface area (Å²) in [5.41, 5.74) is -0.593. The Balaban J connectivity index is 2.86. The number of hydrogen-bond acceptors (Lipinski definition) is 4. The van der Waals surface area contributed by atoms with Gasteiger partial charge >= 0.3 is 5.69 Å². The normalized spacial score (nSPS) is 10.5. The lowest BCUT2D eigenvalue weighted by Gasteiger charge is -2.01. The van der Waals surface area contributed by atoms with E-state index in [1.165, 1.54) is 6.07 Å². The number of pyridine rings is 1. The lowest BCUT2D eigenvalue weighted by Crippen LogP contribution is -1.91. The molecule has 1 aromatic heterocycles. The Kier molecular flexibility index (Phi) is 1.96. The molecule has 0 aliphatic carbocycles. The second-order valence-electron chi connectivity index (χ2n) is 2.88. The molecular formula is C9H5FN2O3. The van der Waals surface area contributed by atoms with Gasteiger partial charge in [-0.25, -0.2) is 4.39 Å². The maximum absolute atomic E-state index is 13.2. The van der Waals surface area contributed by atoms with Crippen molar-refractivity contribution >= 4 is 16.6 Å². The molecule has 1 aromatic carbocycles. The number of aromatic hydroxyl groups is 1. The number of rotatable bonds is 1. The van der Waals surface area contributed by atoms with Gasteiger partial charge in [0.05, 0.1) is 4.92 Å². The molecule has 5 nitrogen and oxygen atoms in total. The Morgan fingerprint density at radius 1 is 1.40 bits per heavy atom. The highest BCUT2D eigenvalue weighted by Crippen LogP contribution is 2.33. The molecule has 0 unspecified atom stereocenters. The molecule has 15 heavy (non-hydrogen) atoms. The molecule has 0 spiro atoms. The van der Waals surface area contributed by atoms with Crippen LogP contribution in [0.15, 0.2) is 24.4 Å². The molecule has 1 heterocycles. The van der Waals surface area contributed by atoms with Crippen LogP contribution in [0.25, 0.3) is 10.9 Å². The van der Waals surface area contributed by atoms with Gasteiger partial charge in [0.1, 0.15) is 11.3 Å². The van der Waals surface area contributed by atoms with E-state index in [1.807, 2.05) is 0 Å². The van der Waals surface area contributed by atoms with E-state index in [9.17, 15) is 19.6 Å². The molecule has 0 aliphatic heterocycles. The summed E-state index contributed by atoms with van der Waals surface area (Å²) in [4.78, 5) is 13.4. The summed E-state index contributed by atoms with van der Waals surface area (Å²) in [6, 6.07) is 3.38. The second-order valence-corrected chi connectivity index (χ2v) is 2.88. The van der Waals surface area contributed by atoms with E-state index < -0.39 is 22.2 Å². The van der Waals surface area contributed by atoms with Gasteiger partial charge in [0.2, 0.25) is 5.75 Å². The van der Waals surface area contributed by atoms with Crippen LogP contribution < -0.4 is 0 Å². The summed E-state index contributed by atoms with van der Waals surface area (Å²) >= 11 is 0. The number of nitrogens with zero attached hydrogens (tertiary/aromatic N) is 2. The van der Waals surface area contributed by atoms with E-state index in [1.54, 1.807) is 0 Å². The van der Waals surface area contributed by atoms with Crippen molar-refractivity contribution in [1.82, 2.24) is 4.98 Å². The van der Waals surface area contributed by atoms with Crippen molar-refractivity contribution in [3.05, 3.63) is 40.3 Å². The van der Waals surface area contributed by atoms with Crippen molar-refractivity contribution in [1.29, 1.82) is 0 Å². The number of fused-ring (bicyclic) bond motifs is 1. The summed E-state index contributed by atoms with van der Waals surface area (Å²) in [5.74, 6) is -1.19. The fourth-order valence-corrected chi connectivity index (χ4v) is 1.31. The van der Waals surface area contributed by atoms with Gasteiger partial charge in [-0.3, -0.25) is 15.1 Å². The smallest absolute Gasteiger partial charge is 0.313 e. The summed E-state index contributed by atoms with van der Waals surface area (Å²) in [6.45, 7) is 0. The Morgan fingerprint density at radius 3 is 2.80 bits per heavy atom. The van der Waals surface area contributed by atoms with E-state index in [4.69, 9.17) is 0 Å². The first-order chi connectivity index (χ1) is 7.11. The van der Waals surface area contributed by atoms with Crippen molar-refractivity contribution in [2.45, 2.75) is 0 Å². The SMILES string of the molecule is O=[N+]([O-])c1ccc2c(F)ccnc2c1O. The average Bonchev–Trinajstić information content (AvgIpc) is 2.19. The number of phenolic OH excluding ortho intramolecular Hbond substituents is 1.